The van der Waals surface area contributed by atoms with Crippen molar-refractivity contribution in [3.8, 4) is 6.01 Å². The zero-order valence-electron chi connectivity index (χ0n) is 18.3. The number of hydrogen-bond acceptors (Lipinski definition) is 7. The molecule has 2 aromatic heterocycles. The Hall–Kier alpha value is -3.68. The van der Waals surface area contributed by atoms with Crippen LogP contribution in [0.3, 0.4) is 0 Å². The van der Waals surface area contributed by atoms with Crippen molar-refractivity contribution in [2.75, 3.05) is 30.0 Å². The van der Waals surface area contributed by atoms with Gasteiger partial charge in [-0.3, -0.25) is 10.6 Å². The van der Waals surface area contributed by atoms with E-state index < -0.39 is 0 Å². The van der Waals surface area contributed by atoms with Crippen molar-refractivity contribution in [2.24, 2.45) is 5.10 Å². The SMILES string of the molecule is Cc1cccc(/C=N/Nc2cc(N3CCCCC3)nc(OCCc3cccc[n+]3O)n2)c1. The summed E-state index contributed by atoms with van der Waals surface area (Å²) in [6.07, 6.45) is 7.44. The number of pyridine rings is 1. The van der Waals surface area contributed by atoms with Crippen molar-refractivity contribution in [1.82, 2.24) is 9.97 Å². The van der Waals surface area contributed by atoms with Crippen molar-refractivity contribution in [2.45, 2.75) is 32.6 Å². The Bertz CT molecular complexity index is 1070. The average molecular weight is 434 g/mol. The zero-order valence-corrected chi connectivity index (χ0v) is 18.3. The summed E-state index contributed by atoms with van der Waals surface area (Å²) in [5, 5.41) is 14.2. The number of benzene rings is 1. The third-order valence-corrected chi connectivity index (χ3v) is 5.32. The molecule has 0 saturated carbocycles. The highest BCUT2D eigenvalue weighted by Gasteiger charge is 2.16. The lowest BCUT2D eigenvalue weighted by molar-refractivity contribution is -0.909. The van der Waals surface area contributed by atoms with Gasteiger partial charge in [-0.1, -0.05) is 29.8 Å². The van der Waals surface area contributed by atoms with Gasteiger partial charge in [0.15, 0.2) is 5.82 Å². The molecular weight excluding hydrogens is 404 g/mol. The maximum atomic E-state index is 9.87. The third-order valence-electron chi connectivity index (χ3n) is 5.32. The van der Waals surface area contributed by atoms with Crippen LogP contribution in [-0.2, 0) is 6.42 Å². The van der Waals surface area contributed by atoms with E-state index in [4.69, 9.17) is 4.74 Å². The Kier molecular flexibility index (Phi) is 7.12. The van der Waals surface area contributed by atoms with Crippen molar-refractivity contribution in [1.29, 1.82) is 0 Å². The Morgan fingerprint density at radius 3 is 2.81 bits per heavy atom. The fraction of sp³-hybridized carbons (Fsp3) is 0.333. The summed E-state index contributed by atoms with van der Waals surface area (Å²) in [6, 6.07) is 15.8. The Balaban J connectivity index is 1.47. The molecule has 8 heteroatoms. The van der Waals surface area contributed by atoms with Gasteiger partial charge in [0.1, 0.15) is 12.4 Å². The lowest BCUT2D eigenvalue weighted by atomic mass is 10.1. The van der Waals surface area contributed by atoms with Crippen LogP contribution in [0.4, 0.5) is 11.6 Å². The molecule has 0 amide bonds. The number of hydrogen-bond donors (Lipinski definition) is 2. The van der Waals surface area contributed by atoms with Crippen LogP contribution in [0.5, 0.6) is 6.01 Å². The summed E-state index contributed by atoms with van der Waals surface area (Å²) in [7, 11) is 0. The summed E-state index contributed by atoms with van der Waals surface area (Å²) < 4.78 is 6.95. The molecule has 3 aromatic rings. The van der Waals surface area contributed by atoms with Crippen LogP contribution in [0.15, 0.2) is 59.8 Å². The largest absolute Gasteiger partial charge is 0.463 e. The van der Waals surface area contributed by atoms with Crippen LogP contribution in [0, 0.1) is 6.92 Å². The number of aromatic nitrogens is 3. The van der Waals surface area contributed by atoms with Crippen molar-refractivity contribution >= 4 is 17.9 Å². The molecule has 1 saturated heterocycles. The van der Waals surface area contributed by atoms with E-state index in [9.17, 15) is 5.21 Å². The molecule has 3 heterocycles. The second kappa shape index (κ2) is 10.6. The lowest BCUT2D eigenvalue weighted by Crippen LogP contribution is -2.35. The van der Waals surface area contributed by atoms with E-state index in [1.165, 1.54) is 12.0 Å². The van der Waals surface area contributed by atoms with Gasteiger partial charge in [0.25, 0.3) is 0 Å². The van der Waals surface area contributed by atoms with E-state index >= 15 is 0 Å². The molecule has 2 N–H and O–H groups in total. The highest BCUT2D eigenvalue weighted by atomic mass is 16.5. The molecule has 1 aliphatic rings. The second-order valence-electron chi connectivity index (χ2n) is 7.86. The molecule has 32 heavy (non-hydrogen) atoms. The first-order chi connectivity index (χ1) is 15.7. The number of nitrogens with zero attached hydrogens (tertiary/aromatic N) is 5. The van der Waals surface area contributed by atoms with Gasteiger partial charge in [-0.2, -0.15) is 15.1 Å². The molecule has 1 aliphatic heterocycles. The van der Waals surface area contributed by atoms with Gasteiger partial charge < -0.3 is 9.64 Å². The van der Waals surface area contributed by atoms with Gasteiger partial charge in [0.05, 0.1) is 12.6 Å². The van der Waals surface area contributed by atoms with Crippen molar-refractivity contribution in [3.63, 3.8) is 0 Å². The molecule has 0 aliphatic carbocycles. The molecular formula is C24H29N6O2+. The fourth-order valence-corrected chi connectivity index (χ4v) is 3.66. The molecule has 0 bridgehead atoms. The first-order valence-corrected chi connectivity index (χ1v) is 11.0. The zero-order chi connectivity index (χ0) is 22.2. The number of nitrogens with one attached hydrogen (secondary N) is 1. The highest BCUT2D eigenvalue weighted by molar-refractivity contribution is 5.80. The quantitative estimate of drug-likeness (QED) is 0.245. The minimum atomic E-state index is 0.293. The monoisotopic (exact) mass is 433 g/mol. The minimum Gasteiger partial charge on any atom is -0.463 e. The number of ether oxygens (including phenoxy) is 1. The first-order valence-electron chi connectivity index (χ1n) is 11.0. The number of piperidine rings is 1. The van der Waals surface area contributed by atoms with Crippen LogP contribution in [0.25, 0.3) is 0 Å². The van der Waals surface area contributed by atoms with Crippen LogP contribution >= 0.6 is 0 Å². The van der Waals surface area contributed by atoms with Crippen molar-refractivity contribution < 1.29 is 14.7 Å². The Morgan fingerprint density at radius 1 is 1.12 bits per heavy atom. The number of rotatable bonds is 8. The maximum absolute atomic E-state index is 9.87. The first kappa shape index (κ1) is 21.5. The number of hydrazone groups is 1. The second-order valence-corrected chi connectivity index (χ2v) is 7.86. The molecule has 1 aromatic carbocycles. The van der Waals surface area contributed by atoms with Crippen LogP contribution in [0.1, 0.15) is 36.1 Å². The smallest absolute Gasteiger partial charge is 0.320 e. The average Bonchev–Trinajstić information content (AvgIpc) is 2.81. The topological polar surface area (TPSA) is 86.8 Å². The van der Waals surface area contributed by atoms with E-state index in [0.29, 0.717) is 24.9 Å². The third kappa shape index (κ3) is 5.94. The van der Waals surface area contributed by atoms with Gasteiger partial charge in [0.2, 0.25) is 11.9 Å². The molecule has 0 unspecified atom stereocenters. The van der Waals surface area contributed by atoms with E-state index in [1.807, 2.05) is 30.3 Å². The van der Waals surface area contributed by atoms with E-state index in [2.05, 4.69) is 44.5 Å². The van der Waals surface area contributed by atoms with Gasteiger partial charge in [-0.25, -0.2) is 0 Å². The van der Waals surface area contributed by atoms with E-state index in [-0.39, 0.29) is 0 Å². The summed E-state index contributed by atoms with van der Waals surface area (Å²) in [5.74, 6) is 1.41. The minimum absolute atomic E-state index is 0.293. The fourth-order valence-electron chi connectivity index (χ4n) is 3.66. The van der Waals surface area contributed by atoms with Gasteiger partial charge in [0, 0.05) is 36.0 Å². The molecule has 166 valence electrons. The molecule has 0 radical (unpaired) electrons. The lowest BCUT2D eigenvalue weighted by Gasteiger charge is -2.28. The molecule has 0 spiro atoms. The predicted molar refractivity (Wildman–Crippen MR) is 124 cm³/mol. The Labute approximate surface area is 188 Å². The summed E-state index contributed by atoms with van der Waals surface area (Å²) >= 11 is 0. The summed E-state index contributed by atoms with van der Waals surface area (Å²) in [6.45, 7) is 4.34. The van der Waals surface area contributed by atoms with Crippen LogP contribution < -0.4 is 19.8 Å². The van der Waals surface area contributed by atoms with Gasteiger partial charge in [-0.05, 0) is 37.8 Å². The number of anilines is 2. The molecule has 8 nitrogen and oxygen atoms in total. The summed E-state index contributed by atoms with van der Waals surface area (Å²) in [5.41, 5.74) is 5.96. The normalized spacial score (nSPS) is 14.0. The molecule has 0 atom stereocenters. The maximum Gasteiger partial charge on any atom is 0.320 e. The highest BCUT2D eigenvalue weighted by Crippen LogP contribution is 2.23. The van der Waals surface area contributed by atoms with Crippen LogP contribution in [0.2, 0.25) is 0 Å². The van der Waals surface area contributed by atoms with E-state index in [0.717, 1.165) is 47.7 Å². The van der Waals surface area contributed by atoms with Crippen LogP contribution in [-0.4, -0.2) is 41.1 Å². The molecule has 1 fully saturated rings. The number of aryl methyl sites for hydroxylation is 1. The summed E-state index contributed by atoms with van der Waals surface area (Å²) in [4.78, 5) is 11.4. The van der Waals surface area contributed by atoms with E-state index in [1.54, 1.807) is 18.5 Å². The molecule has 4 rings (SSSR count). The standard InChI is InChI=1S/C24H29N6O2/c1-19-8-7-9-20(16-19)18-25-28-22-17-23(29-12-4-2-5-13-29)27-24(26-22)32-15-11-21-10-3-6-14-30(21)31/h3,6-10,14,16-18,31H,2,4-5,11-13,15H2,1H3,(H,26,27,28)/q+1/b25-18+. The van der Waals surface area contributed by atoms with Gasteiger partial charge in [-0.15, -0.1) is 0 Å². The van der Waals surface area contributed by atoms with Crippen molar-refractivity contribution in [3.05, 3.63) is 71.5 Å². The van der Waals surface area contributed by atoms with Gasteiger partial charge >= 0.3 is 6.01 Å². The predicted octanol–water partition coefficient (Wildman–Crippen LogP) is 3.37. The Morgan fingerprint density at radius 2 is 2.00 bits per heavy atom.